The third kappa shape index (κ3) is 3.10. The van der Waals surface area contributed by atoms with E-state index in [1.165, 1.54) is 0 Å². The zero-order chi connectivity index (χ0) is 15.6. The Labute approximate surface area is 122 Å². The van der Waals surface area contributed by atoms with Crippen LogP contribution < -0.4 is 11.1 Å². The molecule has 2 amide bonds. The van der Waals surface area contributed by atoms with Crippen molar-refractivity contribution in [3.05, 3.63) is 46.8 Å². The van der Waals surface area contributed by atoms with E-state index in [1.54, 1.807) is 16.9 Å². The number of hydrogen-bond donors (Lipinski definition) is 2. The van der Waals surface area contributed by atoms with Gasteiger partial charge >= 0.3 is 0 Å². The quantitative estimate of drug-likeness (QED) is 0.899. The second-order valence-corrected chi connectivity index (χ2v) is 4.88. The predicted octanol–water partition coefficient (Wildman–Crippen LogP) is 1.87. The molecule has 0 radical (unpaired) electrons. The predicted molar refractivity (Wildman–Crippen MR) is 80.3 cm³/mol. The summed E-state index contributed by atoms with van der Waals surface area (Å²) < 4.78 is 1.55. The maximum absolute atomic E-state index is 12.3. The van der Waals surface area contributed by atoms with E-state index in [4.69, 9.17) is 5.73 Å². The first-order valence-electron chi connectivity index (χ1n) is 6.68. The molecule has 6 heteroatoms. The molecule has 110 valence electrons. The average Bonchev–Trinajstić information content (AvgIpc) is 2.81. The number of benzene rings is 1. The number of amides is 2. The largest absolute Gasteiger partial charge is 0.364 e. The van der Waals surface area contributed by atoms with Gasteiger partial charge in [-0.2, -0.15) is 5.10 Å². The summed E-state index contributed by atoms with van der Waals surface area (Å²) in [5.41, 5.74) is 8.18. The fourth-order valence-corrected chi connectivity index (χ4v) is 2.11. The Hall–Kier alpha value is -2.63. The number of nitrogens with zero attached hydrogens (tertiary/aromatic N) is 2. The fraction of sp³-hybridized carbons (Fsp3) is 0.267. The molecule has 2 aromatic rings. The van der Waals surface area contributed by atoms with Crippen molar-refractivity contribution in [2.45, 2.75) is 27.3 Å². The van der Waals surface area contributed by atoms with Crippen LogP contribution in [-0.2, 0) is 6.54 Å². The maximum Gasteiger partial charge on any atom is 0.271 e. The van der Waals surface area contributed by atoms with Crippen LogP contribution in [0.1, 0.15) is 38.9 Å². The summed E-state index contributed by atoms with van der Waals surface area (Å²) in [6.45, 7) is 6.30. The standard InChI is InChI=1S/C15H18N4O2/c1-4-19-8-12(13(18-19)14(16)20)17-15(21)11-6-5-9(2)7-10(11)3/h5-8H,4H2,1-3H3,(H2,16,20)(H,17,21). The monoisotopic (exact) mass is 286 g/mol. The Bertz CT molecular complexity index is 704. The number of aryl methyl sites for hydroxylation is 3. The van der Waals surface area contributed by atoms with Crippen molar-refractivity contribution in [2.24, 2.45) is 5.73 Å². The van der Waals surface area contributed by atoms with Gasteiger partial charge in [-0.25, -0.2) is 0 Å². The second kappa shape index (κ2) is 5.78. The molecule has 1 aromatic carbocycles. The molecule has 0 aliphatic carbocycles. The molecule has 21 heavy (non-hydrogen) atoms. The molecule has 2 rings (SSSR count). The highest BCUT2D eigenvalue weighted by Crippen LogP contribution is 2.17. The van der Waals surface area contributed by atoms with Gasteiger partial charge in [-0.3, -0.25) is 14.3 Å². The molecule has 0 fully saturated rings. The Morgan fingerprint density at radius 2 is 2.05 bits per heavy atom. The van der Waals surface area contributed by atoms with E-state index in [-0.39, 0.29) is 11.6 Å². The van der Waals surface area contributed by atoms with Crippen molar-refractivity contribution in [1.82, 2.24) is 9.78 Å². The van der Waals surface area contributed by atoms with Crippen LogP contribution in [0.25, 0.3) is 0 Å². The lowest BCUT2D eigenvalue weighted by atomic mass is 10.1. The molecular formula is C15H18N4O2. The van der Waals surface area contributed by atoms with Gasteiger partial charge in [-0.15, -0.1) is 0 Å². The van der Waals surface area contributed by atoms with Gasteiger partial charge in [-0.1, -0.05) is 17.7 Å². The lowest BCUT2D eigenvalue weighted by Crippen LogP contribution is -2.18. The van der Waals surface area contributed by atoms with Crippen molar-refractivity contribution < 1.29 is 9.59 Å². The minimum atomic E-state index is -0.668. The van der Waals surface area contributed by atoms with Gasteiger partial charge < -0.3 is 11.1 Å². The molecule has 0 unspecified atom stereocenters. The van der Waals surface area contributed by atoms with E-state index in [0.29, 0.717) is 17.8 Å². The van der Waals surface area contributed by atoms with E-state index in [1.807, 2.05) is 32.9 Å². The second-order valence-electron chi connectivity index (χ2n) is 4.88. The van der Waals surface area contributed by atoms with Crippen molar-refractivity contribution >= 4 is 17.5 Å². The minimum absolute atomic E-state index is 0.0648. The summed E-state index contributed by atoms with van der Waals surface area (Å²) in [6.07, 6.45) is 1.60. The number of primary amides is 1. The Kier molecular flexibility index (Phi) is 4.07. The number of nitrogens with two attached hydrogens (primary N) is 1. The van der Waals surface area contributed by atoms with E-state index in [9.17, 15) is 9.59 Å². The SMILES string of the molecule is CCn1cc(NC(=O)c2ccc(C)cc2C)c(C(N)=O)n1. The summed E-state index contributed by atoms with van der Waals surface area (Å²) in [6, 6.07) is 5.56. The van der Waals surface area contributed by atoms with E-state index in [2.05, 4.69) is 10.4 Å². The van der Waals surface area contributed by atoms with Gasteiger partial charge in [0, 0.05) is 18.3 Å². The third-order valence-electron chi connectivity index (χ3n) is 3.19. The van der Waals surface area contributed by atoms with Crippen LogP contribution in [0, 0.1) is 13.8 Å². The number of rotatable bonds is 4. The van der Waals surface area contributed by atoms with Gasteiger partial charge in [0.05, 0.1) is 5.69 Å². The van der Waals surface area contributed by atoms with Crippen molar-refractivity contribution in [1.29, 1.82) is 0 Å². The molecule has 0 saturated heterocycles. The minimum Gasteiger partial charge on any atom is -0.364 e. The van der Waals surface area contributed by atoms with E-state index < -0.39 is 5.91 Å². The van der Waals surface area contributed by atoms with Crippen LogP contribution in [0.5, 0.6) is 0 Å². The van der Waals surface area contributed by atoms with Crippen LogP contribution in [0.4, 0.5) is 5.69 Å². The number of anilines is 1. The molecular weight excluding hydrogens is 268 g/mol. The average molecular weight is 286 g/mol. The van der Waals surface area contributed by atoms with E-state index in [0.717, 1.165) is 11.1 Å². The molecule has 0 atom stereocenters. The highest BCUT2D eigenvalue weighted by molar-refractivity contribution is 6.08. The molecule has 0 saturated carbocycles. The zero-order valence-electron chi connectivity index (χ0n) is 12.3. The van der Waals surface area contributed by atoms with Crippen molar-refractivity contribution in [3.8, 4) is 0 Å². The van der Waals surface area contributed by atoms with Gasteiger partial charge in [0.2, 0.25) is 0 Å². The maximum atomic E-state index is 12.3. The first-order valence-corrected chi connectivity index (χ1v) is 6.68. The summed E-state index contributed by atoms with van der Waals surface area (Å²) in [5, 5.41) is 6.74. The lowest BCUT2D eigenvalue weighted by molar-refractivity contribution is 0.0995. The molecule has 1 aromatic heterocycles. The van der Waals surface area contributed by atoms with Crippen LogP contribution in [0.15, 0.2) is 24.4 Å². The van der Waals surface area contributed by atoms with Gasteiger partial charge in [0.25, 0.3) is 11.8 Å². The van der Waals surface area contributed by atoms with Gasteiger partial charge in [0.1, 0.15) is 0 Å². The molecule has 0 spiro atoms. The number of aromatic nitrogens is 2. The Morgan fingerprint density at radius 3 is 2.62 bits per heavy atom. The topological polar surface area (TPSA) is 90.0 Å². The number of hydrogen-bond acceptors (Lipinski definition) is 3. The van der Waals surface area contributed by atoms with Crippen molar-refractivity contribution in [2.75, 3.05) is 5.32 Å². The van der Waals surface area contributed by atoms with Gasteiger partial charge in [-0.05, 0) is 32.4 Å². The molecule has 0 aliphatic rings. The van der Waals surface area contributed by atoms with Crippen LogP contribution in [-0.4, -0.2) is 21.6 Å². The highest BCUT2D eigenvalue weighted by Gasteiger charge is 2.17. The molecule has 1 heterocycles. The lowest BCUT2D eigenvalue weighted by Gasteiger charge is -2.07. The van der Waals surface area contributed by atoms with Crippen LogP contribution in [0.3, 0.4) is 0 Å². The Balaban J connectivity index is 2.31. The summed E-state index contributed by atoms with van der Waals surface area (Å²) in [7, 11) is 0. The number of carbonyl (C=O) groups excluding carboxylic acids is 2. The molecule has 6 nitrogen and oxygen atoms in total. The Morgan fingerprint density at radius 1 is 1.33 bits per heavy atom. The van der Waals surface area contributed by atoms with Crippen LogP contribution in [0.2, 0.25) is 0 Å². The van der Waals surface area contributed by atoms with Gasteiger partial charge in [0.15, 0.2) is 5.69 Å². The smallest absolute Gasteiger partial charge is 0.271 e. The fourth-order valence-electron chi connectivity index (χ4n) is 2.11. The first-order chi connectivity index (χ1) is 9.92. The normalized spacial score (nSPS) is 10.4. The molecule has 3 N–H and O–H groups in total. The number of carbonyl (C=O) groups is 2. The van der Waals surface area contributed by atoms with E-state index >= 15 is 0 Å². The molecule has 0 aliphatic heterocycles. The summed E-state index contributed by atoms with van der Waals surface area (Å²) in [5.74, 6) is -0.955. The summed E-state index contributed by atoms with van der Waals surface area (Å²) >= 11 is 0. The van der Waals surface area contributed by atoms with Crippen molar-refractivity contribution in [3.63, 3.8) is 0 Å². The van der Waals surface area contributed by atoms with Crippen LogP contribution >= 0.6 is 0 Å². The number of nitrogens with one attached hydrogen (secondary N) is 1. The molecule has 0 bridgehead atoms. The summed E-state index contributed by atoms with van der Waals surface area (Å²) in [4.78, 5) is 23.7. The highest BCUT2D eigenvalue weighted by atomic mass is 16.2. The first kappa shape index (κ1) is 14.8. The zero-order valence-corrected chi connectivity index (χ0v) is 12.3. The third-order valence-corrected chi connectivity index (χ3v) is 3.19.